The maximum atomic E-state index is 12.2. The Kier molecular flexibility index (Phi) is 8.20. The van der Waals surface area contributed by atoms with Gasteiger partial charge in [-0.25, -0.2) is 0 Å². The molecule has 0 saturated carbocycles. The molecule has 0 bridgehead atoms. The fraction of sp³-hybridized carbons (Fsp3) is 0.917. The number of hydrogen-bond acceptors (Lipinski definition) is 3. The van der Waals surface area contributed by atoms with Crippen LogP contribution >= 0.6 is 0 Å². The zero-order valence-corrected chi connectivity index (χ0v) is 13.0. The van der Waals surface area contributed by atoms with E-state index in [1.807, 2.05) is 20.8 Å². The van der Waals surface area contributed by atoms with Crippen molar-refractivity contribution < 1.29 is 18.3 Å². The van der Waals surface area contributed by atoms with Crippen LogP contribution in [0.15, 0.2) is 0 Å². The summed E-state index contributed by atoms with van der Waals surface area (Å²) in [7, 11) is -3.74. The topological polar surface area (TPSA) is 86.7 Å². The summed E-state index contributed by atoms with van der Waals surface area (Å²) in [6, 6.07) is -1.08. The Morgan fingerprint density at radius 2 is 1.68 bits per heavy atom. The van der Waals surface area contributed by atoms with Gasteiger partial charge in [-0.3, -0.25) is 4.79 Å². The molecular formula is C12H26N2O4S. The minimum absolute atomic E-state index is 0.252. The minimum Gasteiger partial charge on any atom is -0.480 e. The first-order valence-corrected chi connectivity index (χ1v) is 8.24. The highest BCUT2D eigenvalue weighted by Gasteiger charge is 2.31. The van der Waals surface area contributed by atoms with Crippen LogP contribution < -0.4 is 4.72 Å². The number of nitrogens with one attached hydrogen (secondary N) is 1. The van der Waals surface area contributed by atoms with Gasteiger partial charge in [0.2, 0.25) is 0 Å². The monoisotopic (exact) mass is 294 g/mol. The average Bonchev–Trinajstić information content (AvgIpc) is 2.34. The van der Waals surface area contributed by atoms with Gasteiger partial charge in [0.05, 0.1) is 0 Å². The van der Waals surface area contributed by atoms with Gasteiger partial charge in [0, 0.05) is 13.1 Å². The highest BCUT2D eigenvalue weighted by molar-refractivity contribution is 7.87. The zero-order valence-electron chi connectivity index (χ0n) is 12.2. The summed E-state index contributed by atoms with van der Waals surface area (Å²) in [4.78, 5) is 11.2. The molecule has 19 heavy (non-hydrogen) atoms. The van der Waals surface area contributed by atoms with Gasteiger partial charge in [-0.15, -0.1) is 0 Å². The number of carboxylic acids is 1. The van der Waals surface area contributed by atoms with Crippen LogP contribution in [0.25, 0.3) is 0 Å². The predicted molar refractivity (Wildman–Crippen MR) is 75.1 cm³/mol. The van der Waals surface area contributed by atoms with Crippen molar-refractivity contribution in [3.8, 4) is 0 Å². The molecule has 0 saturated heterocycles. The van der Waals surface area contributed by atoms with Crippen molar-refractivity contribution in [1.29, 1.82) is 0 Å². The van der Waals surface area contributed by atoms with E-state index in [0.29, 0.717) is 32.4 Å². The molecule has 0 radical (unpaired) electrons. The maximum Gasteiger partial charge on any atom is 0.322 e. The van der Waals surface area contributed by atoms with Crippen LogP contribution in [-0.2, 0) is 15.0 Å². The molecule has 0 fully saturated rings. The molecule has 0 spiro atoms. The minimum atomic E-state index is -3.74. The Balaban J connectivity index is 5.01. The molecule has 2 unspecified atom stereocenters. The van der Waals surface area contributed by atoms with E-state index in [0.717, 1.165) is 0 Å². The smallest absolute Gasteiger partial charge is 0.322 e. The third-order valence-corrected chi connectivity index (χ3v) is 4.64. The van der Waals surface area contributed by atoms with E-state index in [2.05, 4.69) is 4.72 Å². The Hall–Kier alpha value is -0.660. The van der Waals surface area contributed by atoms with Crippen molar-refractivity contribution in [2.75, 3.05) is 13.1 Å². The van der Waals surface area contributed by atoms with E-state index >= 15 is 0 Å². The lowest BCUT2D eigenvalue weighted by Gasteiger charge is -2.26. The second-order valence-corrected chi connectivity index (χ2v) is 6.43. The van der Waals surface area contributed by atoms with Crippen molar-refractivity contribution in [3.63, 3.8) is 0 Å². The fourth-order valence-electron chi connectivity index (χ4n) is 1.73. The average molecular weight is 294 g/mol. The molecular weight excluding hydrogens is 268 g/mol. The van der Waals surface area contributed by atoms with Crippen LogP contribution in [0.2, 0.25) is 0 Å². The third-order valence-electron chi connectivity index (χ3n) is 3.04. The van der Waals surface area contributed by atoms with Gasteiger partial charge < -0.3 is 5.11 Å². The summed E-state index contributed by atoms with van der Waals surface area (Å²) < 4.78 is 28.0. The molecule has 0 heterocycles. The predicted octanol–water partition coefficient (Wildman–Crippen LogP) is 1.44. The molecule has 7 heteroatoms. The van der Waals surface area contributed by atoms with Crippen LogP contribution in [0.5, 0.6) is 0 Å². The molecule has 2 atom stereocenters. The van der Waals surface area contributed by atoms with Crippen LogP contribution in [0, 0.1) is 5.92 Å². The van der Waals surface area contributed by atoms with Crippen LogP contribution in [-0.4, -0.2) is 42.9 Å². The molecule has 0 aliphatic heterocycles. The van der Waals surface area contributed by atoms with Gasteiger partial charge in [0.15, 0.2) is 0 Å². The number of rotatable bonds is 10. The standard InChI is InChI=1S/C12H26N2O4S/c1-5-8-14(9-6-2)19(17,18)13-11(12(15)16)10(4)7-3/h10-11,13H,5-9H2,1-4H3,(H,15,16). The molecule has 0 aromatic rings. The number of nitrogens with zero attached hydrogens (tertiary/aromatic N) is 1. The molecule has 6 nitrogen and oxygen atoms in total. The Labute approximate surface area is 116 Å². The largest absolute Gasteiger partial charge is 0.480 e. The number of aliphatic carboxylic acids is 1. The second kappa shape index (κ2) is 8.50. The third kappa shape index (κ3) is 5.88. The molecule has 0 aromatic carbocycles. The van der Waals surface area contributed by atoms with E-state index < -0.39 is 22.2 Å². The molecule has 0 aliphatic rings. The fourth-order valence-corrected chi connectivity index (χ4v) is 3.38. The second-order valence-electron chi connectivity index (χ2n) is 4.72. The molecule has 0 rings (SSSR count). The lowest BCUT2D eigenvalue weighted by molar-refractivity contribution is -0.140. The van der Waals surface area contributed by atoms with E-state index in [4.69, 9.17) is 5.11 Å². The summed E-state index contributed by atoms with van der Waals surface area (Å²) in [5, 5.41) is 9.13. The summed E-state index contributed by atoms with van der Waals surface area (Å²) in [6.07, 6.45) is 1.99. The quantitative estimate of drug-likeness (QED) is 0.638. The molecule has 0 aromatic heterocycles. The number of carbonyl (C=O) groups is 1. The van der Waals surface area contributed by atoms with Crippen molar-refractivity contribution >= 4 is 16.2 Å². The zero-order chi connectivity index (χ0) is 15.1. The van der Waals surface area contributed by atoms with Crippen molar-refractivity contribution in [1.82, 2.24) is 9.03 Å². The summed E-state index contributed by atoms with van der Waals surface area (Å²) in [6.45, 7) is 8.14. The lowest BCUT2D eigenvalue weighted by atomic mass is 10.0. The van der Waals surface area contributed by atoms with Crippen molar-refractivity contribution in [3.05, 3.63) is 0 Å². The first-order valence-electron chi connectivity index (χ1n) is 6.80. The van der Waals surface area contributed by atoms with Gasteiger partial charge in [-0.2, -0.15) is 17.4 Å². The van der Waals surface area contributed by atoms with E-state index in [9.17, 15) is 13.2 Å². The van der Waals surface area contributed by atoms with Gasteiger partial charge in [0.25, 0.3) is 10.2 Å². The van der Waals surface area contributed by atoms with Gasteiger partial charge in [-0.05, 0) is 18.8 Å². The summed E-state index contributed by atoms with van der Waals surface area (Å²) >= 11 is 0. The Morgan fingerprint density at radius 3 is 2.00 bits per heavy atom. The van der Waals surface area contributed by atoms with Gasteiger partial charge in [-0.1, -0.05) is 34.1 Å². The normalized spacial score (nSPS) is 15.4. The van der Waals surface area contributed by atoms with E-state index in [1.165, 1.54) is 4.31 Å². The molecule has 2 N–H and O–H groups in total. The molecule has 0 amide bonds. The molecule has 114 valence electrons. The first-order chi connectivity index (χ1) is 8.80. The highest BCUT2D eigenvalue weighted by atomic mass is 32.2. The maximum absolute atomic E-state index is 12.2. The van der Waals surface area contributed by atoms with Gasteiger partial charge in [0.1, 0.15) is 6.04 Å². The van der Waals surface area contributed by atoms with Crippen LogP contribution in [0.3, 0.4) is 0 Å². The summed E-state index contributed by atoms with van der Waals surface area (Å²) in [5.41, 5.74) is 0. The van der Waals surface area contributed by atoms with Crippen molar-refractivity contribution in [2.24, 2.45) is 5.92 Å². The number of hydrogen-bond donors (Lipinski definition) is 2. The summed E-state index contributed by atoms with van der Waals surface area (Å²) in [5.74, 6) is -1.39. The Morgan fingerprint density at radius 1 is 1.21 bits per heavy atom. The van der Waals surface area contributed by atoms with Gasteiger partial charge >= 0.3 is 5.97 Å². The van der Waals surface area contributed by atoms with E-state index in [-0.39, 0.29) is 5.92 Å². The van der Waals surface area contributed by atoms with Crippen LogP contribution in [0.1, 0.15) is 47.0 Å². The van der Waals surface area contributed by atoms with Crippen molar-refractivity contribution in [2.45, 2.75) is 53.0 Å². The Bertz CT molecular complexity index is 364. The van der Waals surface area contributed by atoms with Crippen LogP contribution in [0.4, 0.5) is 0 Å². The number of carboxylic acid groups (broad SMARTS) is 1. The lowest BCUT2D eigenvalue weighted by Crippen LogP contribution is -2.51. The van der Waals surface area contributed by atoms with E-state index in [1.54, 1.807) is 6.92 Å². The SMILES string of the molecule is CCCN(CCC)S(=O)(=O)NC(C(=O)O)C(C)CC. The first kappa shape index (κ1) is 18.3. The highest BCUT2D eigenvalue weighted by Crippen LogP contribution is 2.11. The molecule has 0 aliphatic carbocycles.